The van der Waals surface area contributed by atoms with Gasteiger partial charge in [0.15, 0.2) is 0 Å². The first-order chi connectivity index (χ1) is 24.8. The first-order valence-electron chi connectivity index (χ1n) is 17.0. The SMILES string of the molecule is N=C(N)c1cc(CN2C(=O)N(Cc3cccc(C(=O)NCCCP(=O)(O)O)c3)C(Cc3ccccc3)[C@H](O)[C@@H](O)[C@H]2Cc2ccccc2)ccc1N. The summed E-state index contributed by atoms with van der Waals surface area (Å²) < 4.78 is 11.2. The number of hydrogen-bond acceptors (Lipinski definition) is 7. The van der Waals surface area contributed by atoms with Gasteiger partial charge in [0.25, 0.3) is 5.91 Å². The molecule has 5 rings (SSSR count). The van der Waals surface area contributed by atoms with Crippen LogP contribution in [0.2, 0.25) is 0 Å². The van der Waals surface area contributed by atoms with E-state index in [1.54, 1.807) is 47.4 Å². The molecule has 1 aliphatic rings. The Morgan fingerprint density at radius 2 is 1.29 bits per heavy atom. The number of amides is 3. The van der Waals surface area contributed by atoms with Crippen LogP contribution in [0.1, 0.15) is 44.6 Å². The van der Waals surface area contributed by atoms with Crippen LogP contribution >= 0.6 is 7.60 Å². The molecule has 1 heterocycles. The highest BCUT2D eigenvalue weighted by atomic mass is 31.2. The second-order valence-electron chi connectivity index (χ2n) is 13.1. The van der Waals surface area contributed by atoms with E-state index in [1.807, 2.05) is 60.7 Å². The minimum absolute atomic E-state index is 0.00624. The molecule has 4 aromatic rings. The Balaban J connectivity index is 1.53. The van der Waals surface area contributed by atoms with Gasteiger partial charge in [-0.1, -0.05) is 78.9 Å². The van der Waals surface area contributed by atoms with Crippen molar-refractivity contribution in [2.75, 3.05) is 18.4 Å². The third-order valence-electron chi connectivity index (χ3n) is 9.22. The number of aliphatic hydroxyl groups is 2. The van der Waals surface area contributed by atoms with Gasteiger partial charge in [0.2, 0.25) is 0 Å². The Labute approximate surface area is 302 Å². The summed E-state index contributed by atoms with van der Waals surface area (Å²) in [4.78, 5) is 49.3. The van der Waals surface area contributed by atoms with Crippen molar-refractivity contribution in [1.82, 2.24) is 15.1 Å². The molecule has 3 amide bonds. The zero-order valence-corrected chi connectivity index (χ0v) is 29.5. The number of rotatable bonds is 14. The molecule has 1 fully saturated rings. The fraction of sp³-hybridized carbons (Fsp3) is 0.289. The molecule has 10 N–H and O–H groups in total. The Hall–Kier alpha value is -5.04. The molecule has 1 aliphatic heterocycles. The maximum atomic E-state index is 15.0. The number of anilines is 1. The van der Waals surface area contributed by atoms with E-state index in [0.717, 1.165) is 11.1 Å². The maximum Gasteiger partial charge on any atom is 0.325 e. The number of hydrogen-bond donors (Lipinski definition) is 8. The summed E-state index contributed by atoms with van der Waals surface area (Å²) in [5.41, 5.74) is 15.7. The molecular weight excluding hydrogens is 683 g/mol. The van der Waals surface area contributed by atoms with Crippen LogP contribution in [-0.4, -0.2) is 84.6 Å². The van der Waals surface area contributed by atoms with E-state index in [1.165, 1.54) is 4.90 Å². The van der Waals surface area contributed by atoms with E-state index in [2.05, 4.69) is 5.32 Å². The molecule has 13 nitrogen and oxygen atoms in total. The molecule has 0 radical (unpaired) electrons. The summed E-state index contributed by atoms with van der Waals surface area (Å²) in [5, 5.41) is 34.7. The van der Waals surface area contributed by atoms with Crippen LogP contribution < -0.4 is 16.8 Å². The van der Waals surface area contributed by atoms with Crippen molar-refractivity contribution in [3.05, 3.63) is 137 Å². The predicted octanol–water partition coefficient (Wildman–Crippen LogP) is 3.23. The van der Waals surface area contributed by atoms with Crippen LogP contribution in [0.25, 0.3) is 0 Å². The number of nitrogen functional groups attached to an aromatic ring is 2. The van der Waals surface area contributed by atoms with Crippen LogP contribution in [0.4, 0.5) is 10.5 Å². The Morgan fingerprint density at radius 1 is 0.769 bits per heavy atom. The first-order valence-corrected chi connectivity index (χ1v) is 18.8. The third-order valence-corrected chi connectivity index (χ3v) is 10.1. The molecule has 1 saturated heterocycles. The highest BCUT2D eigenvalue weighted by Crippen LogP contribution is 2.34. The second kappa shape index (κ2) is 17.0. The lowest BCUT2D eigenvalue weighted by Crippen LogP contribution is -2.50. The number of nitrogens with two attached hydrogens (primary N) is 2. The minimum atomic E-state index is -4.19. The quantitative estimate of drug-likeness (QED) is 0.0313. The lowest BCUT2D eigenvalue weighted by Gasteiger charge is -2.36. The zero-order chi connectivity index (χ0) is 37.4. The summed E-state index contributed by atoms with van der Waals surface area (Å²) >= 11 is 0. The van der Waals surface area contributed by atoms with Gasteiger partial charge in [-0.15, -0.1) is 0 Å². The lowest BCUT2D eigenvalue weighted by atomic mass is 9.90. The van der Waals surface area contributed by atoms with Crippen molar-refractivity contribution >= 4 is 31.1 Å². The summed E-state index contributed by atoms with van der Waals surface area (Å²) in [7, 11) is -4.19. The molecule has 274 valence electrons. The highest BCUT2D eigenvalue weighted by Gasteiger charge is 2.46. The van der Waals surface area contributed by atoms with E-state index >= 15 is 4.79 Å². The average molecular weight is 729 g/mol. The molecule has 0 spiro atoms. The molecule has 14 heteroatoms. The van der Waals surface area contributed by atoms with Crippen molar-refractivity contribution in [2.45, 2.75) is 56.6 Å². The number of amidine groups is 1. The lowest BCUT2D eigenvalue weighted by molar-refractivity contribution is -0.0408. The predicted molar refractivity (Wildman–Crippen MR) is 199 cm³/mol. The summed E-state index contributed by atoms with van der Waals surface area (Å²) in [6.45, 7) is 0.0526. The summed E-state index contributed by atoms with van der Waals surface area (Å²) in [6, 6.07) is 28.2. The third kappa shape index (κ3) is 9.84. The van der Waals surface area contributed by atoms with Gasteiger partial charge >= 0.3 is 13.6 Å². The normalized spacial score (nSPS) is 19.3. The fourth-order valence-corrected chi connectivity index (χ4v) is 7.11. The molecule has 0 bridgehead atoms. The van der Waals surface area contributed by atoms with Crippen LogP contribution in [0.5, 0.6) is 0 Å². The molecule has 1 unspecified atom stereocenters. The monoisotopic (exact) mass is 728 g/mol. The van der Waals surface area contributed by atoms with E-state index < -0.39 is 43.8 Å². The van der Waals surface area contributed by atoms with Gasteiger partial charge in [-0.3, -0.25) is 14.8 Å². The van der Waals surface area contributed by atoms with Gasteiger partial charge in [-0.25, -0.2) is 4.79 Å². The Bertz CT molecular complexity index is 1910. The smallest absolute Gasteiger partial charge is 0.325 e. The molecule has 0 aliphatic carbocycles. The van der Waals surface area contributed by atoms with Crippen molar-refractivity contribution in [3.8, 4) is 0 Å². The minimum Gasteiger partial charge on any atom is -0.398 e. The zero-order valence-electron chi connectivity index (χ0n) is 28.6. The molecule has 0 saturated carbocycles. The molecule has 4 aromatic carbocycles. The van der Waals surface area contributed by atoms with E-state index in [0.29, 0.717) is 22.4 Å². The van der Waals surface area contributed by atoms with Gasteiger partial charge in [0.05, 0.1) is 18.2 Å². The number of carbonyl (C=O) groups excluding carboxylic acids is 2. The first kappa shape index (κ1) is 38.2. The van der Waals surface area contributed by atoms with Crippen LogP contribution in [0.3, 0.4) is 0 Å². The van der Waals surface area contributed by atoms with Gasteiger partial charge in [-0.05, 0) is 65.8 Å². The number of nitrogens with zero attached hydrogens (tertiary/aromatic N) is 2. The summed E-state index contributed by atoms with van der Waals surface area (Å²) in [6.07, 6.45) is -2.52. The maximum absolute atomic E-state index is 15.0. The highest BCUT2D eigenvalue weighted by molar-refractivity contribution is 7.51. The van der Waals surface area contributed by atoms with E-state index in [4.69, 9.17) is 26.7 Å². The number of carbonyl (C=O) groups is 2. The topological polar surface area (TPSA) is 227 Å². The number of urea groups is 1. The Kier molecular flexibility index (Phi) is 12.5. The standard InChI is InChI=1S/C38H45N6O7P/c39-31-16-15-28(20-30(31)36(40)41)24-44-33(22-26-11-5-2-6-12-26)35(46)34(45)32(21-25-9-3-1-4-10-25)43(38(44)48)23-27-13-7-14-29(19-27)37(47)42-17-8-18-52(49,50)51/h1-7,9-16,19-20,32-35,45-46H,8,17-18,21-24,39H2,(H3,40,41)(H,42,47)(H2,49,50,51)/t32?,33-,34+,35+/m1/s1. The van der Waals surface area contributed by atoms with Gasteiger partial charge in [-0.2, -0.15) is 0 Å². The van der Waals surface area contributed by atoms with Crippen LogP contribution in [0.15, 0.2) is 103 Å². The van der Waals surface area contributed by atoms with E-state index in [-0.39, 0.29) is 56.5 Å². The number of nitrogens with one attached hydrogen (secondary N) is 2. The summed E-state index contributed by atoms with van der Waals surface area (Å²) in [5.74, 6) is -0.673. The van der Waals surface area contributed by atoms with Gasteiger partial charge < -0.3 is 46.6 Å². The Morgan fingerprint density at radius 3 is 1.81 bits per heavy atom. The molecule has 52 heavy (non-hydrogen) atoms. The number of benzene rings is 4. The van der Waals surface area contributed by atoms with Crippen LogP contribution in [0, 0.1) is 5.41 Å². The molecular formula is C38H45N6O7P. The van der Waals surface area contributed by atoms with Crippen LogP contribution in [-0.2, 0) is 30.5 Å². The van der Waals surface area contributed by atoms with Gasteiger partial charge in [0.1, 0.15) is 18.0 Å². The average Bonchev–Trinajstić information content (AvgIpc) is 3.18. The molecule has 0 aromatic heterocycles. The largest absolute Gasteiger partial charge is 0.398 e. The number of aliphatic hydroxyl groups excluding tert-OH is 2. The van der Waals surface area contributed by atoms with Crippen molar-refractivity contribution < 1.29 is 34.2 Å². The fourth-order valence-electron chi connectivity index (χ4n) is 6.54. The van der Waals surface area contributed by atoms with Gasteiger partial charge in [0, 0.05) is 36.4 Å². The van der Waals surface area contributed by atoms with E-state index in [9.17, 15) is 19.6 Å². The van der Waals surface area contributed by atoms with Crippen molar-refractivity contribution in [1.29, 1.82) is 5.41 Å². The molecule has 4 atom stereocenters. The van der Waals surface area contributed by atoms with Crippen molar-refractivity contribution in [3.63, 3.8) is 0 Å². The second-order valence-corrected chi connectivity index (χ2v) is 14.8. The van der Waals surface area contributed by atoms with Crippen molar-refractivity contribution in [2.24, 2.45) is 5.73 Å².